The van der Waals surface area contributed by atoms with E-state index >= 15 is 0 Å². The molecule has 1 saturated heterocycles. The van der Waals surface area contributed by atoms with Crippen LogP contribution in [0.1, 0.15) is 12.8 Å². The summed E-state index contributed by atoms with van der Waals surface area (Å²) >= 11 is 0. The van der Waals surface area contributed by atoms with Crippen LogP contribution in [0.2, 0.25) is 0 Å². The van der Waals surface area contributed by atoms with Crippen molar-refractivity contribution in [3.8, 4) is 0 Å². The first-order chi connectivity index (χ1) is 10.6. The first-order valence-corrected chi connectivity index (χ1v) is 7.14. The highest BCUT2D eigenvalue weighted by molar-refractivity contribution is 5.98. The molecule has 1 aliphatic heterocycles. The van der Waals surface area contributed by atoms with Crippen molar-refractivity contribution in [3.05, 3.63) is 36.0 Å². The molecule has 0 spiro atoms. The minimum absolute atomic E-state index is 0.0351. The minimum Gasteiger partial charge on any atom is -0.466 e. The number of benzene rings is 1. The summed E-state index contributed by atoms with van der Waals surface area (Å²) < 4.78 is 9.22. The Bertz CT molecular complexity index is 577. The highest BCUT2D eigenvalue weighted by Gasteiger charge is 2.15. The average molecular weight is 304 g/mol. The van der Waals surface area contributed by atoms with Gasteiger partial charge in [-0.05, 0) is 31.0 Å². The van der Waals surface area contributed by atoms with Crippen molar-refractivity contribution in [2.75, 3.05) is 37.5 Å². The second-order valence-electron chi connectivity index (χ2n) is 4.94. The normalized spacial score (nSPS) is 14.6. The van der Waals surface area contributed by atoms with E-state index in [4.69, 9.17) is 0 Å². The maximum atomic E-state index is 11.7. The van der Waals surface area contributed by atoms with Crippen LogP contribution in [-0.4, -0.2) is 39.2 Å². The summed E-state index contributed by atoms with van der Waals surface area (Å²) in [4.78, 5) is 25.4. The van der Waals surface area contributed by atoms with E-state index in [0.29, 0.717) is 5.69 Å². The average Bonchev–Trinajstić information content (AvgIpc) is 3.08. The molecule has 0 aliphatic carbocycles. The number of rotatable bonds is 5. The number of nitrogens with one attached hydrogen (secondary N) is 1. The van der Waals surface area contributed by atoms with Crippen LogP contribution in [0.4, 0.5) is 11.4 Å². The topological polar surface area (TPSA) is 67.9 Å². The predicted molar refractivity (Wildman–Crippen MR) is 83.6 cm³/mol. The summed E-state index contributed by atoms with van der Waals surface area (Å²) in [6.45, 7) is 2.07. The Morgan fingerprint density at radius 1 is 1.18 bits per heavy atom. The molecule has 1 aromatic carbocycles. The van der Waals surface area contributed by atoms with Gasteiger partial charge in [0.1, 0.15) is 5.70 Å². The van der Waals surface area contributed by atoms with E-state index in [1.54, 1.807) is 0 Å². The second-order valence-corrected chi connectivity index (χ2v) is 4.94. The maximum Gasteiger partial charge on any atom is 0.354 e. The van der Waals surface area contributed by atoms with Crippen LogP contribution >= 0.6 is 0 Å². The lowest BCUT2D eigenvalue weighted by Gasteiger charge is -2.19. The van der Waals surface area contributed by atoms with Crippen molar-refractivity contribution < 1.29 is 19.1 Å². The largest absolute Gasteiger partial charge is 0.466 e. The van der Waals surface area contributed by atoms with Crippen LogP contribution in [0.25, 0.3) is 0 Å². The molecule has 0 aromatic heterocycles. The van der Waals surface area contributed by atoms with E-state index < -0.39 is 11.9 Å². The van der Waals surface area contributed by atoms with E-state index in [2.05, 4.69) is 19.7 Å². The van der Waals surface area contributed by atoms with Gasteiger partial charge in [0.25, 0.3) is 0 Å². The monoisotopic (exact) mass is 304 g/mol. The molecule has 1 aromatic rings. The molecule has 0 atom stereocenters. The van der Waals surface area contributed by atoms with Gasteiger partial charge in [-0.1, -0.05) is 6.07 Å². The molecular weight excluding hydrogens is 284 g/mol. The van der Waals surface area contributed by atoms with Crippen molar-refractivity contribution in [3.63, 3.8) is 0 Å². The number of carbonyl (C=O) groups is 2. The number of ether oxygens (including phenoxy) is 2. The lowest BCUT2D eigenvalue weighted by atomic mass is 10.2. The van der Waals surface area contributed by atoms with Crippen LogP contribution in [0.3, 0.4) is 0 Å². The summed E-state index contributed by atoms with van der Waals surface area (Å²) in [5, 5.41) is 2.92. The van der Waals surface area contributed by atoms with Gasteiger partial charge in [0.05, 0.1) is 20.3 Å². The molecule has 1 aliphatic rings. The van der Waals surface area contributed by atoms with Crippen LogP contribution in [0, 0.1) is 0 Å². The van der Waals surface area contributed by atoms with Crippen LogP contribution in [-0.2, 0) is 19.1 Å². The first kappa shape index (κ1) is 15.9. The Hall–Kier alpha value is -2.50. The molecule has 0 bridgehead atoms. The molecule has 0 saturated carbocycles. The van der Waals surface area contributed by atoms with Gasteiger partial charge in [0.2, 0.25) is 0 Å². The van der Waals surface area contributed by atoms with Gasteiger partial charge in [0.15, 0.2) is 0 Å². The third-order valence-electron chi connectivity index (χ3n) is 3.47. The number of esters is 2. The standard InChI is InChI=1S/C16H20N2O4/c1-21-15(19)11-14(16(20)22-2)17-12-6-5-7-13(10-12)18-8-3-4-9-18/h5-7,10-11,17H,3-4,8-9H2,1-2H3/b14-11+. The predicted octanol–water partition coefficient (Wildman–Crippen LogP) is 1.93. The molecule has 0 radical (unpaired) electrons. The zero-order chi connectivity index (χ0) is 15.9. The van der Waals surface area contributed by atoms with Gasteiger partial charge in [-0.2, -0.15) is 0 Å². The number of methoxy groups -OCH3 is 2. The van der Waals surface area contributed by atoms with Gasteiger partial charge < -0.3 is 19.7 Å². The van der Waals surface area contributed by atoms with Gasteiger partial charge in [-0.25, -0.2) is 9.59 Å². The molecule has 6 nitrogen and oxygen atoms in total. The van der Waals surface area contributed by atoms with E-state index in [0.717, 1.165) is 24.9 Å². The van der Waals surface area contributed by atoms with Crippen LogP contribution < -0.4 is 10.2 Å². The summed E-state index contributed by atoms with van der Waals surface area (Å²) in [5.74, 6) is -1.25. The third kappa shape index (κ3) is 4.00. The zero-order valence-corrected chi connectivity index (χ0v) is 12.8. The Labute approximate surface area is 129 Å². The number of hydrogen-bond donors (Lipinski definition) is 1. The van der Waals surface area contributed by atoms with E-state index in [9.17, 15) is 9.59 Å². The zero-order valence-electron chi connectivity index (χ0n) is 12.8. The van der Waals surface area contributed by atoms with Crippen LogP contribution in [0.15, 0.2) is 36.0 Å². The lowest BCUT2D eigenvalue weighted by molar-refractivity contribution is -0.138. The third-order valence-corrected chi connectivity index (χ3v) is 3.47. The quantitative estimate of drug-likeness (QED) is 0.662. The fourth-order valence-electron chi connectivity index (χ4n) is 2.34. The lowest BCUT2D eigenvalue weighted by Crippen LogP contribution is -2.18. The van der Waals surface area contributed by atoms with Crippen molar-refractivity contribution in [1.82, 2.24) is 0 Å². The summed E-state index contributed by atoms with van der Waals surface area (Å²) in [6.07, 6.45) is 3.45. The minimum atomic E-state index is -0.628. The van der Waals surface area contributed by atoms with E-state index in [-0.39, 0.29) is 5.70 Å². The van der Waals surface area contributed by atoms with E-state index in [1.807, 2.05) is 24.3 Å². The molecular formula is C16H20N2O4. The summed E-state index contributed by atoms with van der Waals surface area (Å²) in [6, 6.07) is 7.70. The van der Waals surface area contributed by atoms with Crippen molar-refractivity contribution >= 4 is 23.3 Å². The Balaban J connectivity index is 2.18. The molecule has 0 amide bonds. The number of anilines is 2. The molecule has 0 unspecified atom stereocenters. The first-order valence-electron chi connectivity index (χ1n) is 7.14. The smallest absolute Gasteiger partial charge is 0.354 e. The highest BCUT2D eigenvalue weighted by atomic mass is 16.5. The fourth-order valence-corrected chi connectivity index (χ4v) is 2.34. The fraction of sp³-hybridized carbons (Fsp3) is 0.375. The SMILES string of the molecule is COC(=O)/C=C(/Nc1cccc(N2CCCC2)c1)C(=O)OC. The summed E-state index contributed by atoms with van der Waals surface area (Å²) in [7, 11) is 2.51. The van der Waals surface area contributed by atoms with Gasteiger partial charge in [-0.15, -0.1) is 0 Å². The molecule has 1 fully saturated rings. The van der Waals surface area contributed by atoms with Crippen molar-refractivity contribution in [1.29, 1.82) is 0 Å². The van der Waals surface area contributed by atoms with E-state index in [1.165, 1.54) is 27.1 Å². The highest BCUT2D eigenvalue weighted by Crippen LogP contribution is 2.24. The molecule has 6 heteroatoms. The number of nitrogens with zero attached hydrogens (tertiary/aromatic N) is 1. The summed E-state index contributed by atoms with van der Waals surface area (Å²) in [5.41, 5.74) is 1.84. The molecule has 22 heavy (non-hydrogen) atoms. The molecule has 1 N–H and O–H groups in total. The van der Waals surface area contributed by atoms with Gasteiger partial charge in [0, 0.05) is 24.5 Å². The molecule has 1 heterocycles. The Morgan fingerprint density at radius 2 is 1.91 bits per heavy atom. The molecule has 2 rings (SSSR count). The Morgan fingerprint density at radius 3 is 2.55 bits per heavy atom. The Kier molecular flexibility index (Phi) is 5.41. The van der Waals surface area contributed by atoms with Gasteiger partial charge in [-0.3, -0.25) is 0 Å². The molecule has 118 valence electrons. The number of carbonyl (C=O) groups excluding carboxylic acids is 2. The maximum absolute atomic E-state index is 11.7. The second kappa shape index (κ2) is 7.49. The number of hydrogen-bond acceptors (Lipinski definition) is 6. The van der Waals surface area contributed by atoms with Crippen molar-refractivity contribution in [2.45, 2.75) is 12.8 Å². The van der Waals surface area contributed by atoms with Gasteiger partial charge >= 0.3 is 11.9 Å². The van der Waals surface area contributed by atoms with Crippen LogP contribution in [0.5, 0.6) is 0 Å². The van der Waals surface area contributed by atoms with Crippen molar-refractivity contribution in [2.24, 2.45) is 0 Å².